The molecule has 5 nitrogen and oxygen atoms in total. The molecule has 0 saturated carbocycles. The minimum atomic E-state index is -2.92. The topological polar surface area (TPSA) is 67.9 Å². The van der Waals surface area contributed by atoms with Crippen molar-refractivity contribution in [2.75, 3.05) is 24.7 Å². The van der Waals surface area contributed by atoms with Gasteiger partial charge in [-0.25, -0.2) is 8.42 Å². The molecule has 2 rings (SSSR count). The van der Waals surface area contributed by atoms with E-state index in [0.717, 1.165) is 0 Å². The fourth-order valence-corrected chi connectivity index (χ4v) is 4.13. The molecule has 0 amide bonds. The molecule has 0 aliphatic carbocycles. The molecule has 2 aliphatic rings. The average molecular weight is 265 g/mol. The Morgan fingerprint density at radius 1 is 1.69 bits per heavy atom. The lowest BCUT2D eigenvalue weighted by atomic mass is 10.0. The van der Waals surface area contributed by atoms with Gasteiger partial charge in [-0.3, -0.25) is 0 Å². The summed E-state index contributed by atoms with van der Waals surface area (Å²) >= 11 is 5.00. The van der Waals surface area contributed by atoms with Crippen LogP contribution in [0, 0.1) is 0 Å². The van der Waals surface area contributed by atoms with E-state index in [9.17, 15) is 8.42 Å². The van der Waals surface area contributed by atoms with Gasteiger partial charge in [0, 0.05) is 0 Å². The van der Waals surface area contributed by atoms with Crippen molar-refractivity contribution in [3.63, 3.8) is 0 Å². The van der Waals surface area contributed by atoms with E-state index in [4.69, 9.17) is 21.7 Å². The summed E-state index contributed by atoms with van der Waals surface area (Å²) in [6, 6.07) is 0. The van der Waals surface area contributed by atoms with Crippen LogP contribution in [0.3, 0.4) is 0 Å². The van der Waals surface area contributed by atoms with Gasteiger partial charge in [0.2, 0.25) is 0 Å². The van der Waals surface area contributed by atoms with E-state index >= 15 is 0 Å². The van der Waals surface area contributed by atoms with Gasteiger partial charge < -0.3 is 14.8 Å². The Morgan fingerprint density at radius 3 is 2.88 bits per heavy atom. The van der Waals surface area contributed by atoms with Crippen molar-refractivity contribution in [3.8, 4) is 0 Å². The first-order valence-electron chi connectivity index (χ1n) is 5.16. The zero-order valence-corrected chi connectivity index (χ0v) is 10.7. The van der Waals surface area contributed by atoms with Gasteiger partial charge in [-0.15, -0.1) is 0 Å². The van der Waals surface area contributed by atoms with E-state index < -0.39 is 15.4 Å². The average Bonchev–Trinajstić information content (AvgIpc) is 2.90. The van der Waals surface area contributed by atoms with Gasteiger partial charge in [0.25, 0.3) is 5.17 Å². The molecule has 1 N–H and O–H groups in total. The molecule has 0 aromatic heterocycles. The first-order chi connectivity index (χ1) is 7.39. The van der Waals surface area contributed by atoms with Crippen LogP contribution in [0.4, 0.5) is 0 Å². The highest BCUT2D eigenvalue weighted by atomic mass is 32.2. The van der Waals surface area contributed by atoms with Crippen LogP contribution in [0.1, 0.15) is 13.3 Å². The molecule has 2 aliphatic heterocycles. The van der Waals surface area contributed by atoms with Crippen LogP contribution in [0.5, 0.6) is 0 Å². The molecule has 0 aromatic carbocycles. The lowest BCUT2D eigenvalue weighted by molar-refractivity contribution is 0.240. The van der Waals surface area contributed by atoms with E-state index in [1.165, 1.54) is 0 Å². The van der Waals surface area contributed by atoms with Crippen LogP contribution < -0.4 is 5.32 Å². The summed E-state index contributed by atoms with van der Waals surface area (Å²) < 4.78 is 33.0. The third kappa shape index (κ3) is 3.29. The number of rotatable bonds is 3. The number of sulfone groups is 1. The Hall–Kier alpha value is -0.400. The largest absolute Gasteiger partial charge is 0.468 e. The van der Waals surface area contributed by atoms with Crippen molar-refractivity contribution < 1.29 is 17.9 Å². The van der Waals surface area contributed by atoms with Crippen LogP contribution in [0.2, 0.25) is 0 Å². The quantitative estimate of drug-likeness (QED) is 0.565. The van der Waals surface area contributed by atoms with E-state index in [0.29, 0.717) is 19.6 Å². The van der Waals surface area contributed by atoms with Gasteiger partial charge >= 0.3 is 0 Å². The number of hydrogen-bond acceptors (Lipinski definition) is 5. The minimum absolute atomic E-state index is 0.115. The molecule has 0 spiro atoms. The van der Waals surface area contributed by atoms with Crippen molar-refractivity contribution in [1.82, 2.24) is 5.32 Å². The normalized spacial score (nSPS) is 35.7. The zero-order valence-electron chi connectivity index (χ0n) is 9.06. The van der Waals surface area contributed by atoms with Crippen molar-refractivity contribution in [1.29, 1.82) is 0 Å². The summed E-state index contributed by atoms with van der Waals surface area (Å²) in [5.74, 6) is 0.328. The molecule has 92 valence electrons. The summed E-state index contributed by atoms with van der Waals surface area (Å²) in [4.78, 5) is 0. The fraction of sp³-hybridized carbons (Fsp3) is 0.889. The van der Waals surface area contributed by atoms with Gasteiger partial charge in [0.15, 0.2) is 9.84 Å². The highest BCUT2D eigenvalue weighted by Gasteiger charge is 2.39. The van der Waals surface area contributed by atoms with Crippen molar-refractivity contribution in [2.45, 2.75) is 25.0 Å². The maximum absolute atomic E-state index is 11.4. The molecule has 2 heterocycles. The molecule has 0 aromatic rings. The van der Waals surface area contributed by atoms with E-state index in [1.54, 1.807) is 0 Å². The molecule has 2 saturated heterocycles. The second-order valence-corrected chi connectivity index (χ2v) is 7.14. The highest BCUT2D eigenvalue weighted by molar-refractivity contribution is 7.91. The standard InChI is InChI=1S/C9H15NO4S2/c1-9(2-3-16(11,12)6-9)10-8(15)14-5-7-4-13-7/h7H,2-6H2,1H3,(H,10,15). The van der Waals surface area contributed by atoms with Crippen molar-refractivity contribution in [2.24, 2.45) is 0 Å². The van der Waals surface area contributed by atoms with Crippen LogP contribution in [0.25, 0.3) is 0 Å². The second-order valence-electron chi connectivity index (χ2n) is 4.58. The van der Waals surface area contributed by atoms with Gasteiger partial charge in [-0.05, 0) is 25.6 Å². The number of nitrogens with one attached hydrogen (secondary N) is 1. The first kappa shape index (κ1) is 12.1. The minimum Gasteiger partial charge on any atom is -0.468 e. The summed E-state index contributed by atoms with van der Waals surface area (Å²) in [5.41, 5.74) is -0.486. The maximum Gasteiger partial charge on any atom is 0.257 e. The van der Waals surface area contributed by atoms with Crippen LogP contribution in [0.15, 0.2) is 0 Å². The summed E-state index contributed by atoms with van der Waals surface area (Å²) in [7, 11) is -2.92. The smallest absolute Gasteiger partial charge is 0.257 e. The van der Waals surface area contributed by atoms with Gasteiger partial charge in [0.1, 0.15) is 12.7 Å². The lowest BCUT2D eigenvalue weighted by Crippen LogP contribution is -2.47. The Morgan fingerprint density at radius 2 is 2.38 bits per heavy atom. The highest BCUT2D eigenvalue weighted by Crippen LogP contribution is 2.23. The molecular formula is C9H15NO4S2. The molecule has 0 bridgehead atoms. The van der Waals surface area contributed by atoms with E-state index in [-0.39, 0.29) is 22.8 Å². The lowest BCUT2D eigenvalue weighted by Gasteiger charge is -2.24. The van der Waals surface area contributed by atoms with E-state index in [1.807, 2.05) is 6.92 Å². The van der Waals surface area contributed by atoms with E-state index in [2.05, 4.69) is 5.32 Å². The molecule has 2 atom stereocenters. The first-order valence-corrected chi connectivity index (χ1v) is 7.39. The summed E-state index contributed by atoms with van der Waals surface area (Å²) in [6.07, 6.45) is 0.721. The summed E-state index contributed by atoms with van der Waals surface area (Å²) in [6.45, 7) is 3.00. The molecule has 0 radical (unpaired) electrons. The molecular weight excluding hydrogens is 250 g/mol. The van der Waals surface area contributed by atoms with Gasteiger partial charge in [-0.2, -0.15) is 0 Å². The Balaban J connectivity index is 1.81. The predicted octanol–water partition coefficient (Wildman–Crippen LogP) is -0.147. The Bertz CT molecular complexity index is 390. The van der Waals surface area contributed by atoms with Crippen LogP contribution >= 0.6 is 12.2 Å². The monoisotopic (exact) mass is 265 g/mol. The van der Waals surface area contributed by atoms with Crippen LogP contribution in [-0.2, 0) is 19.3 Å². The van der Waals surface area contributed by atoms with Crippen molar-refractivity contribution >= 4 is 27.2 Å². The molecule has 7 heteroatoms. The number of thiocarbonyl (C=S) groups is 1. The third-order valence-corrected chi connectivity index (χ3v) is 4.83. The SMILES string of the molecule is CC1(NC(=S)OCC2CO2)CCS(=O)(=O)C1. The Labute approximate surface area is 100 Å². The summed E-state index contributed by atoms with van der Waals surface area (Å²) in [5, 5.41) is 3.23. The Kier molecular flexibility index (Phi) is 3.11. The number of hydrogen-bond donors (Lipinski definition) is 1. The number of epoxide rings is 1. The zero-order chi connectivity index (χ0) is 11.8. The number of ether oxygens (including phenoxy) is 2. The van der Waals surface area contributed by atoms with Crippen molar-refractivity contribution in [3.05, 3.63) is 0 Å². The third-order valence-electron chi connectivity index (χ3n) is 2.71. The fourth-order valence-electron chi connectivity index (χ4n) is 1.72. The predicted molar refractivity (Wildman–Crippen MR) is 63.1 cm³/mol. The second kappa shape index (κ2) is 4.12. The molecule has 2 unspecified atom stereocenters. The molecule has 2 fully saturated rings. The van der Waals surface area contributed by atoms with Gasteiger partial charge in [0.05, 0.1) is 23.7 Å². The molecule has 16 heavy (non-hydrogen) atoms. The van der Waals surface area contributed by atoms with Gasteiger partial charge in [-0.1, -0.05) is 0 Å². The van der Waals surface area contributed by atoms with Crippen LogP contribution in [-0.4, -0.2) is 50.0 Å². The maximum atomic E-state index is 11.4.